The van der Waals surface area contributed by atoms with Gasteiger partial charge < -0.3 is 9.55 Å². The quantitative estimate of drug-likeness (QED) is 0.670. The molecule has 0 spiro atoms. The van der Waals surface area contributed by atoms with Crippen LogP contribution in [-0.4, -0.2) is 9.55 Å². The lowest BCUT2D eigenvalue weighted by Crippen LogP contribution is -2.02. The molecule has 0 aliphatic rings. The minimum absolute atomic E-state index is 0.202. The van der Waals surface area contributed by atoms with E-state index in [2.05, 4.69) is 4.98 Å². The molecule has 0 amide bonds. The number of hydrogen-bond acceptors (Lipinski definition) is 1. The van der Waals surface area contributed by atoms with E-state index in [1.54, 1.807) is 6.07 Å². The van der Waals surface area contributed by atoms with Crippen LogP contribution < -0.4 is 0 Å². The summed E-state index contributed by atoms with van der Waals surface area (Å²) in [4.78, 5) is 3.14. The average molecular weight is 321 g/mol. The highest BCUT2D eigenvalue weighted by molar-refractivity contribution is 7.71. The zero-order valence-corrected chi connectivity index (χ0v) is 13.1. The molecule has 3 rings (SSSR count). The summed E-state index contributed by atoms with van der Waals surface area (Å²) in [5.74, 6) is -0.202. The smallest absolute Gasteiger partial charge is 0.178 e. The largest absolute Gasteiger partial charge is 0.329 e. The van der Waals surface area contributed by atoms with Crippen molar-refractivity contribution in [3.8, 4) is 0 Å². The van der Waals surface area contributed by atoms with Gasteiger partial charge in [0, 0.05) is 6.54 Å². The third-order valence-electron chi connectivity index (χ3n) is 3.67. The highest BCUT2D eigenvalue weighted by Crippen LogP contribution is 2.23. The summed E-state index contributed by atoms with van der Waals surface area (Å²) in [6, 6.07) is 10.6. The molecule has 0 radical (unpaired) electrons. The molecule has 1 N–H and O–H groups in total. The van der Waals surface area contributed by atoms with Crippen molar-refractivity contribution in [2.45, 2.75) is 19.9 Å². The van der Waals surface area contributed by atoms with E-state index in [4.69, 9.17) is 23.8 Å². The van der Waals surface area contributed by atoms with E-state index in [-0.39, 0.29) is 5.82 Å². The maximum Gasteiger partial charge on any atom is 0.178 e. The van der Waals surface area contributed by atoms with Gasteiger partial charge in [-0.05, 0) is 61.0 Å². The van der Waals surface area contributed by atoms with Gasteiger partial charge in [0.2, 0.25) is 0 Å². The number of aromatic nitrogens is 2. The SMILES string of the molecule is Cc1cc(F)ccc1CCn1c(=S)[nH]c2c(Cl)cccc21. The van der Waals surface area contributed by atoms with Gasteiger partial charge in [-0.15, -0.1) is 0 Å². The third kappa shape index (κ3) is 2.74. The third-order valence-corrected chi connectivity index (χ3v) is 4.31. The van der Waals surface area contributed by atoms with Crippen molar-refractivity contribution >= 4 is 34.9 Å². The number of halogens is 2. The zero-order valence-electron chi connectivity index (χ0n) is 11.5. The second-order valence-corrected chi connectivity index (χ2v) is 5.83. The Morgan fingerprint density at radius 1 is 1.29 bits per heavy atom. The fraction of sp³-hybridized carbons (Fsp3) is 0.188. The minimum atomic E-state index is -0.202. The molecule has 0 saturated carbocycles. The first-order valence-corrected chi connectivity index (χ1v) is 7.47. The number of aromatic amines is 1. The van der Waals surface area contributed by atoms with E-state index in [0.29, 0.717) is 9.79 Å². The van der Waals surface area contributed by atoms with Crippen molar-refractivity contribution in [3.63, 3.8) is 0 Å². The monoisotopic (exact) mass is 320 g/mol. The van der Waals surface area contributed by atoms with Gasteiger partial charge in [-0.2, -0.15) is 0 Å². The van der Waals surface area contributed by atoms with E-state index in [9.17, 15) is 4.39 Å². The van der Waals surface area contributed by atoms with Crippen molar-refractivity contribution in [1.29, 1.82) is 0 Å². The Hall–Kier alpha value is -1.65. The summed E-state index contributed by atoms with van der Waals surface area (Å²) in [5.41, 5.74) is 3.93. The van der Waals surface area contributed by atoms with Crippen molar-refractivity contribution in [2.75, 3.05) is 0 Å². The zero-order chi connectivity index (χ0) is 15.0. The molecule has 3 aromatic rings. The van der Waals surface area contributed by atoms with Crippen molar-refractivity contribution in [3.05, 3.63) is 63.1 Å². The molecule has 1 heterocycles. The van der Waals surface area contributed by atoms with Crippen LogP contribution >= 0.6 is 23.8 Å². The van der Waals surface area contributed by atoms with Gasteiger partial charge in [0.05, 0.1) is 16.1 Å². The Balaban J connectivity index is 1.94. The molecule has 0 fully saturated rings. The molecule has 0 bridgehead atoms. The van der Waals surface area contributed by atoms with Crippen molar-refractivity contribution < 1.29 is 4.39 Å². The Kier molecular flexibility index (Phi) is 3.83. The van der Waals surface area contributed by atoms with Gasteiger partial charge in [0.15, 0.2) is 4.77 Å². The van der Waals surface area contributed by atoms with E-state index in [1.165, 1.54) is 6.07 Å². The molecule has 1 aromatic heterocycles. The first-order chi connectivity index (χ1) is 10.1. The van der Waals surface area contributed by atoms with E-state index >= 15 is 0 Å². The summed E-state index contributed by atoms with van der Waals surface area (Å²) in [7, 11) is 0. The summed E-state index contributed by atoms with van der Waals surface area (Å²) < 4.78 is 15.8. The second-order valence-electron chi connectivity index (χ2n) is 5.04. The fourth-order valence-electron chi connectivity index (χ4n) is 2.54. The number of benzene rings is 2. The fourth-order valence-corrected chi connectivity index (χ4v) is 3.05. The van der Waals surface area contributed by atoms with Gasteiger partial charge in [0.25, 0.3) is 0 Å². The minimum Gasteiger partial charge on any atom is -0.329 e. The van der Waals surface area contributed by atoms with Crippen LogP contribution in [0.2, 0.25) is 5.02 Å². The molecular formula is C16H14ClFN2S. The molecule has 108 valence electrons. The number of hydrogen-bond donors (Lipinski definition) is 1. The Bertz CT molecular complexity index is 866. The van der Waals surface area contributed by atoms with Crippen molar-refractivity contribution in [2.24, 2.45) is 0 Å². The van der Waals surface area contributed by atoms with Gasteiger partial charge in [0.1, 0.15) is 5.82 Å². The summed E-state index contributed by atoms with van der Waals surface area (Å²) in [5, 5.41) is 0.662. The molecule has 0 saturated heterocycles. The number of imidazole rings is 1. The molecule has 0 unspecified atom stereocenters. The summed E-state index contributed by atoms with van der Waals surface area (Å²) >= 11 is 11.5. The highest BCUT2D eigenvalue weighted by atomic mass is 35.5. The highest BCUT2D eigenvalue weighted by Gasteiger charge is 2.08. The normalized spacial score (nSPS) is 11.2. The lowest BCUT2D eigenvalue weighted by Gasteiger charge is -2.08. The topological polar surface area (TPSA) is 20.7 Å². The van der Waals surface area contributed by atoms with Crippen LogP contribution in [0.3, 0.4) is 0 Å². The predicted molar refractivity (Wildman–Crippen MR) is 87.0 cm³/mol. The Morgan fingerprint density at radius 3 is 2.86 bits per heavy atom. The van der Waals surface area contributed by atoms with Gasteiger partial charge in [-0.1, -0.05) is 23.7 Å². The number of aryl methyl sites for hydroxylation is 3. The van der Waals surface area contributed by atoms with E-state index in [1.807, 2.05) is 35.8 Å². The van der Waals surface area contributed by atoms with Crippen LogP contribution in [0, 0.1) is 17.5 Å². The van der Waals surface area contributed by atoms with Gasteiger partial charge in [-0.25, -0.2) is 4.39 Å². The number of fused-ring (bicyclic) bond motifs is 1. The first-order valence-electron chi connectivity index (χ1n) is 6.68. The number of nitrogens with one attached hydrogen (secondary N) is 1. The van der Waals surface area contributed by atoms with Gasteiger partial charge >= 0.3 is 0 Å². The lowest BCUT2D eigenvalue weighted by atomic mass is 10.1. The molecule has 5 heteroatoms. The molecular weight excluding hydrogens is 307 g/mol. The number of para-hydroxylation sites is 1. The van der Waals surface area contributed by atoms with Crippen LogP contribution in [0.4, 0.5) is 4.39 Å². The second kappa shape index (κ2) is 5.62. The standard InChI is InChI=1S/C16H14ClFN2S/c1-10-9-12(18)6-5-11(10)7-8-20-14-4-2-3-13(17)15(14)19-16(20)21/h2-6,9H,7-8H2,1H3,(H,19,21). The summed E-state index contributed by atoms with van der Waals surface area (Å²) in [6.45, 7) is 2.65. The number of nitrogens with zero attached hydrogens (tertiary/aromatic N) is 1. The predicted octanol–water partition coefficient (Wildman–Crippen LogP) is 5.04. The summed E-state index contributed by atoms with van der Waals surface area (Å²) in [6.07, 6.45) is 0.792. The van der Waals surface area contributed by atoms with Crippen LogP contribution in [0.25, 0.3) is 11.0 Å². The first kappa shape index (κ1) is 14.3. The average Bonchev–Trinajstić information content (AvgIpc) is 2.76. The molecule has 0 aliphatic carbocycles. The number of rotatable bonds is 3. The lowest BCUT2D eigenvalue weighted by molar-refractivity contribution is 0.624. The van der Waals surface area contributed by atoms with E-state index < -0.39 is 0 Å². The Labute approximate surface area is 132 Å². The molecule has 0 atom stereocenters. The van der Waals surface area contributed by atoms with Crippen LogP contribution in [-0.2, 0) is 13.0 Å². The molecule has 0 aliphatic heterocycles. The van der Waals surface area contributed by atoms with Crippen LogP contribution in [0.1, 0.15) is 11.1 Å². The van der Waals surface area contributed by atoms with Gasteiger partial charge in [-0.3, -0.25) is 0 Å². The molecule has 2 aromatic carbocycles. The van der Waals surface area contributed by atoms with Crippen LogP contribution in [0.15, 0.2) is 36.4 Å². The maximum atomic E-state index is 13.1. The van der Waals surface area contributed by atoms with Crippen molar-refractivity contribution in [1.82, 2.24) is 9.55 Å². The number of H-pyrrole nitrogens is 1. The Morgan fingerprint density at radius 2 is 2.10 bits per heavy atom. The molecule has 2 nitrogen and oxygen atoms in total. The maximum absolute atomic E-state index is 13.1. The van der Waals surface area contributed by atoms with E-state index in [0.717, 1.165) is 35.1 Å². The molecule has 21 heavy (non-hydrogen) atoms. The van der Waals surface area contributed by atoms with Crippen LogP contribution in [0.5, 0.6) is 0 Å².